The minimum atomic E-state index is -0.889. The monoisotopic (exact) mass is 1970 g/mol. The van der Waals surface area contributed by atoms with Gasteiger partial charge in [0.05, 0.1) is 105 Å². The Balaban J connectivity index is 0.000000174. The largest absolute Gasteiger partial charge is 0.493 e. The summed E-state index contributed by atoms with van der Waals surface area (Å²) >= 11 is 0. The summed E-state index contributed by atoms with van der Waals surface area (Å²) in [5, 5.41) is 86.9. The van der Waals surface area contributed by atoms with Crippen LogP contribution in [0.3, 0.4) is 0 Å². The molecular formula is C107H104N22O17. The predicted octanol–water partition coefficient (Wildman–Crippen LogP) is 14.1. The maximum atomic E-state index is 12.9. The summed E-state index contributed by atoms with van der Waals surface area (Å²) in [7, 11) is 21.8. The number of likely N-dealkylation sites (N-methyl/N-ethyl adjacent to an activating group) is 3. The normalized spacial score (nSPS) is 11.3. The average Bonchev–Trinajstić information content (AvgIpc) is 1.59. The van der Waals surface area contributed by atoms with E-state index >= 15 is 0 Å². The molecule has 0 aliphatic rings. The Hall–Kier alpha value is -19.4. The van der Waals surface area contributed by atoms with Crippen molar-refractivity contribution >= 4 is 126 Å². The van der Waals surface area contributed by atoms with Crippen LogP contribution in [0.2, 0.25) is 0 Å². The summed E-state index contributed by atoms with van der Waals surface area (Å²) in [6.07, 6.45) is 12.6. The van der Waals surface area contributed by atoms with Crippen LogP contribution < -0.4 is 64.7 Å². The fourth-order valence-corrected chi connectivity index (χ4v) is 15.1. The molecule has 8 aromatic carbocycles. The Kier molecular flexibility index (Phi) is 35.9. The van der Waals surface area contributed by atoms with Gasteiger partial charge in [0.2, 0.25) is 17.2 Å². The lowest BCUT2D eigenvalue weighted by Gasteiger charge is -2.23. The second-order valence-electron chi connectivity index (χ2n) is 32.9. The zero-order valence-electron chi connectivity index (χ0n) is 82.8. The van der Waals surface area contributed by atoms with Crippen molar-refractivity contribution in [2.24, 2.45) is 5.73 Å². The number of aryl methyl sites for hydroxylation is 2. The van der Waals surface area contributed by atoms with Crippen LogP contribution in [0.4, 0.5) is 5.82 Å². The topological polar surface area (TPSA) is 553 Å². The average molecular weight is 1970 g/mol. The second-order valence-corrected chi connectivity index (χ2v) is 32.9. The minimum absolute atomic E-state index is 0.0101. The zero-order chi connectivity index (χ0) is 106. The van der Waals surface area contributed by atoms with Gasteiger partial charge in [0.25, 0.3) is 35.2 Å². The number of hydrogen-bond donors (Lipinski definition) is 10. The molecule has 12 N–H and O–H groups in total. The summed E-state index contributed by atoms with van der Waals surface area (Å²) in [5.74, 6) is 2.11. The number of aromatic nitrogens is 11. The van der Waals surface area contributed by atoms with Gasteiger partial charge in [0, 0.05) is 121 Å². The van der Waals surface area contributed by atoms with E-state index in [1.165, 1.54) is 54.6 Å². The smallest absolute Gasteiger partial charge is 0.264 e. The first-order valence-corrected chi connectivity index (χ1v) is 44.4. The lowest BCUT2D eigenvalue weighted by atomic mass is 10.0. The molecule has 744 valence electrons. The molecular weight excluding hydrogens is 1870 g/mol. The van der Waals surface area contributed by atoms with Crippen LogP contribution in [0.25, 0.3) is 135 Å². The number of pyridine rings is 1. The molecule has 0 unspecified atom stereocenters. The first kappa shape index (κ1) is 107. The Labute approximate surface area is 838 Å². The molecule has 0 spiro atoms. The molecule has 15 rings (SSSR count). The van der Waals surface area contributed by atoms with Gasteiger partial charge in [0.1, 0.15) is 87.1 Å². The van der Waals surface area contributed by atoms with Crippen molar-refractivity contribution in [1.29, 1.82) is 21.0 Å². The molecule has 0 bridgehead atoms. The number of ether oxygens (including phenoxy) is 9. The summed E-state index contributed by atoms with van der Waals surface area (Å²) in [4.78, 5) is 94.9. The van der Waals surface area contributed by atoms with Crippen LogP contribution in [0, 0.1) is 58.8 Å². The Morgan fingerprint density at radius 2 is 0.952 bits per heavy atom. The number of ketones is 1. The van der Waals surface area contributed by atoms with Crippen molar-refractivity contribution in [2.75, 3.05) is 118 Å². The molecule has 15 aromatic rings. The number of carbonyl (C=O) groups excluding carboxylic acids is 6. The van der Waals surface area contributed by atoms with Crippen LogP contribution in [0.15, 0.2) is 198 Å². The zero-order valence-corrected chi connectivity index (χ0v) is 82.8. The van der Waals surface area contributed by atoms with E-state index < -0.39 is 23.3 Å². The molecule has 39 heteroatoms. The van der Waals surface area contributed by atoms with E-state index in [0.717, 1.165) is 65.9 Å². The first-order valence-electron chi connectivity index (χ1n) is 44.4. The van der Waals surface area contributed by atoms with Crippen molar-refractivity contribution in [2.45, 2.75) is 39.3 Å². The molecule has 146 heavy (non-hydrogen) atoms. The van der Waals surface area contributed by atoms with Gasteiger partial charge in [-0.25, -0.2) is 19.8 Å². The number of nitrogens with two attached hydrogens (primary N) is 2. The van der Waals surface area contributed by atoms with Crippen LogP contribution in [0.5, 0.6) is 51.7 Å². The number of nitrogens with zero attached hydrogens (tertiary/aromatic N) is 14. The van der Waals surface area contributed by atoms with Crippen molar-refractivity contribution in [1.82, 2.24) is 75.5 Å². The molecule has 0 atom stereocenters. The summed E-state index contributed by atoms with van der Waals surface area (Å²) < 4.78 is 50.5. The number of aliphatic hydroxyl groups is 2. The molecule has 39 nitrogen and oxygen atoms in total. The van der Waals surface area contributed by atoms with Crippen molar-refractivity contribution < 1.29 is 81.6 Å². The van der Waals surface area contributed by atoms with Crippen LogP contribution >= 0.6 is 0 Å². The van der Waals surface area contributed by atoms with Crippen molar-refractivity contribution in [3.63, 3.8) is 0 Å². The lowest BCUT2D eigenvalue weighted by Crippen LogP contribution is -2.46. The first-order chi connectivity index (χ1) is 70.2. The number of hydrogen-bond acceptors (Lipinski definition) is 28. The third kappa shape index (κ3) is 24.5. The number of aliphatic hydroxyl groups excluding tert-OH is 2. The standard InChI is InChI=1S/C24H28N6O3.C22H22N4O4.C21H20N4O4.C20H18N4O4.C20H16N4O2/c1-15-6-8-16(9-7-15)19-18(12-17(26-4)23(33)29-24(2,3)13-32)30(10-5-11-31)22-20(19)21(25)27-14-28-22;1-26(2)22(27)15(12-23)8-13-6-7-17-16(9-13)20(25-24-17)14-10-18(28-3)21(30-5)19(11-14)29-4;1-23-21(26)14(11-22)7-12-5-6-16-15(8-12)19(25-24-16)13-9-17(27-2)20(29-4)18(10-13)28-3;1-26-16-8-12(9-17(27-2)19(16)28-3)18-14-7-11(4-5-15(14)23-24-18)6-13(10-21)20(22)25;1-24(2)20(26)15(11-21)10-13-5-3-6-14(9-13)18(25)17-12-23-19-16(17)7-4-8-22-19/h6-9,12,14,31-32H,5,10-11,13H2,1-3H3,(H,29,33)(H2,25,27,28);6-11H,1-5H3,(H,24,25);5-10H,1-4H3,(H,23,26)(H,24,25);4-9H,1-3H3,(H2,22,25)(H,23,24);3-10,12H,1-2H3,(H,22,23)/b17-12-;15-8+;14-7+;13-6+;15-10+. The third-order valence-electron chi connectivity index (χ3n) is 22.4. The summed E-state index contributed by atoms with van der Waals surface area (Å²) in [5.41, 5.74) is 25.1. The summed E-state index contributed by atoms with van der Waals surface area (Å²) in [6.45, 7) is 13.0. The fraction of sp³-hybridized carbons (Fsp3) is 0.206. The number of nitriles is 4. The maximum Gasteiger partial charge on any atom is 0.264 e. The molecule has 0 saturated heterocycles. The Morgan fingerprint density at radius 3 is 1.34 bits per heavy atom. The quantitative estimate of drug-likeness (QED) is 0.00865. The number of nitrogen functional groups attached to an aromatic ring is 1. The molecule has 0 aliphatic carbocycles. The molecule has 5 amide bonds. The predicted molar refractivity (Wildman–Crippen MR) is 552 cm³/mol. The van der Waals surface area contributed by atoms with E-state index in [4.69, 9.17) is 65.9 Å². The number of anilines is 1. The molecule has 7 heterocycles. The van der Waals surface area contributed by atoms with Crippen LogP contribution in [-0.2, 0) is 30.5 Å². The molecule has 7 aromatic heterocycles. The summed E-state index contributed by atoms with van der Waals surface area (Å²) in [6, 6.07) is 53.1. The number of amides is 5. The van der Waals surface area contributed by atoms with E-state index in [-0.39, 0.29) is 64.6 Å². The van der Waals surface area contributed by atoms with E-state index in [0.29, 0.717) is 143 Å². The highest BCUT2D eigenvalue weighted by Crippen LogP contribution is 2.47. The second kappa shape index (κ2) is 48.9. The van der Waals surface area contributed by atoms with Crippen LogP contribution in [0.1, 0.15) is 69.7 Å². The molecule has 0 radical (unpaired) electrons. The van der Waals surface area contributed by atoms with E-state index in [9.17, 15) is 54.8 Å². The molecule has 0 aliphatic heterocycles. The number of fused-ring (bicyclic) bond motifs is 5. The Bertz CT molecular complexity index is 7790. The number of benzene rings is 8. The van der Waals surface area contributed by atoms with Gasteiger partial charge in [-0.05, 0) is 176 Å². The SMILES string of the molecule is CN(C)C(=O)/C(C#N)=C/c1cccc(C(=O)c2c[nH]c3ncccc23)c1.CNC(=O)/C(C#N)=C/c1ccc2[nH]nc(-c3cc(OC)c(OC)c(OC)c3)c2c1.COc1cc(-c2n[nH]c3ccc(/C=C(\C#N)C(=O)N(C)C)cc23)cc(OC)c1OC.COc1cc(-c2n[nH]c3ccc(/C=C(\C#N)C(N)=O)cc23)cc(OC)c1OC.[C-]#[N+]/C(=C\c1c(-c2ccc(C)cc2)c2c(N)ncnc2n1CCCO)C(=O)NC(C)(C)CO. The molecule has 0 fully saturated rings. The van der Waals surface area contributed by atoms with Gasteiger partial charge in [-0.3, -0.25) is 44.1 Å². The van der Waals surface area contributed by atoms with Gasteiger partial charge in [0.15, 0.2) is 40.3 Å². The van der Waals surface area contributed by atoms with E-state index in [1.54, 1.807) is 178 Å². The number of aromatic amines is 4. The minimum Gasteiger partial charge on any atom is -0.493 e. The maximum absolute atomic E-state index is 12.9. The number of nitrogens with one attached hydrogen (secondary N) is 6. The van der Waals surface area contributed by atoms with Gasteiger partial charge in [-0.1, -0.05) is 66.2 Å². The highest BCUT2D eigenvalue weighted by atomic mass is 16.5. The van der Waals surface area contributed by atoms with E-state index in [2.05, 4.69) is 66.0 Å². The third-order valence-corrected chi connectivity index (χ3v) is 22.4. The number of H-pyrrole nitrogens is 4. The fourth-order valence-electron chi connectivity index (χ4n) is 15.1. The van der Waals surface area contributed by atoms with Crippen molar-refractivity contribution in [3.05, 3.63) is 254 Å². The van der Waals surface area contributed by atoms with Crippen molar-refractivity contribution in [3.8, 4) is 121 Å². The Morgan fingerprint density at radius 1 is 0.521 bits per heavy atom. The highest BCUT2D eigenvalue weighted by Gasteiger charge is 2.29. The van der Waals surface area contributed by atoms with Gasteiger partial charge < -0.3 is 94.3 Å². The number of methoxy groups -OCH3 is 9. The lowest BCUT2D eigenvalue weighted by molar-refractivity contribution is -0.124. The van der Waals surface area contributed by atoms with Crippen LogP contribution in [-0.4, -0.2) is 228 Å². The number of primary amides is 1. The highest BCUT2D eigenvalue weighted by molar-refractivity contribution is 6.17. The van der Waals surface area contributed by atoms with Gasteiger partial charge in [-0.2, -0.15) is 36.3 Å². The number of rotatable bonds is 30. The molecule has 0 saturated carbocycles. The van der Waals surface area contributed by atoms with Gasteiger partial charge >= 0.3 is 0 Å². The van der Waals surface area contributed by atoms with Gasteiger partial charge in [-0.15, -0.1) is 0 Å². The number of carbonyl (C=O) groups is 6. The van der Waals surface area contributed by atoms with E-state index in [1.807, 2.05) is 127 Å².